The third-order valence-corrected chi connectivity index (χ3v) is 3.59. The first-order chi connectivity index (χ1) is 11.7. The number of carbonyl (C=O) groups is 2. The van der Waals surface area contributed by atoms with Crippen LogP contribution in [0.3, 0.4) is 0 Å². The first-order valence-corrected chi connectivity index (χ1v) is 8.45. The molecule has 0 saturated carbocycles. The van der Waals surface area contributed by atoms with Crippen LogP contribution in [0.15, 0.2) is 29.8 Å². The zero-order valence-electron chi connectivity index (χ0n) is 15.5. The maximum atomic E-state index is 12.1. The van der Waals surface area contributed by atoms with Crippen molar-refractivity contribution in [2.24, 2.45) is 5.92 Å². The van der Waals surface area contributed by atoms with Gasteiger partial charge in [0, 0.05) is 6.54 Å². The molecule has 5 heteroatoms. The lowest BCUT2D eigenvalue weighted by Crippen LogP contribution is -2.37. The maximum Gasteiger partial charge on any atom is 0.349 e. The van der Waals surface area contributed by atoms with Gasteiger partial charge in [0.1, 0.15) is 11.6 Å². The zero-order valence-corrected chi connectivity index (χ0v) is 15.5. The van der Waals surface area contributed by atoms with E-state index in [2.05, 4.69) is 19.2 Å². The minimum Gasteiger partial charge on any atom is -0.448 e. The molecule has 0 spiro atoms. The number of hydrogen-bond donors (Lipinski definition) is 1. The van der Waals surface area contributed by atoms with Crippen molar-refractivity contribution in [2.75, 3.05) is 6.54 Å². The molecule has 1 rings (SSSR count). The van der Waals surface area contributed by atoms with Gasteiger partial charge in [-0.15, -0.1) is 0 Å². The Balaban J connectivity index is 2.76. The molecule has 1 N–H and O–H groups in total. The molecule has 1 aromatic carbocycles. The molecular weight excluding hydrogens is 316 g/mol. The van der Waals surface area contributed by atoms with Crippen molar-refractivity contribution in [3.8, 4) is 6.07 Å². The molecule has 0 aliphatic heterocycles. The highest BCUT2D eigenvalue weighted by Crippen LogP contribution is 2.16. The summed E-state index contributed by atoms with van der Waals surface area (Å²) in [6.45, 7) is 10.1. The van der Waals surface area contributed by atoms with Crippen molar-refractivity contribution in [3.05, 3.63) is 41.0 Å². The predicted octanol–water partition coefficient (Wildman–Crippen LogP) is 3.42. The van der Waals surface area contributed by atoms with Crippen molar-refractivity contribution in [1.82, 2.24) is 5.32 Å². The molecule has 5 nitrogen and oxygen atoms in total. The predicted molar refractivity (Wildman–Crippen MR) is 97.5 cm³/mol. The van der Waals surface area contributed by atoms with Gasteiger partial charge in [-0.25, -0.2) is 4.79 Å². The highest BCUT2D eigenvalue weighted by Gasteiger charge is 2.20. The number of benzene rings is 1. The van der Waals surface area contributed by atoms with Crippen LogP contribution in [0.25, 0.3) is 6.08 Å². The average molecular weight is 342 g/mol. The smallest absolute Gasteiger partial charge is 0.349 e. The lowest BCUT2D eigenvalue weighted by molar-refractivity contribution is -0.150. The molecule has 0 aromatic heterocycles. The van der Waals surface area contributed by atoms with E-state index in [1.807, 2.05) is 44.2 Å². The van der Waals surface area contributed by atoms with Gasteiger partial charge in [-0.1, -0.05) is 52.0 Å². The highest BCUT2D eigenvalue weighted by atomic mass is 16.5. The van der Waals surface area contributed by atoms with Gasteiger partial charge >= 0.3 is 5.97 Å². The molecule has 1 atom stereocenters. The number of rotatable bonds is 7. The van der Waals surface area contributed by atoms with Crippen LogP contribution >= 0.6 is 0 Å². The molecule has 134 valence electrons. The summed E-state index contributed by atoms with van der Waals surface area (Å²) in [6, 6.07) is 9.44. The van der Waals surface area contributed by atoms with Crippen LogP contribution in [-0.2, 0) is 14.3 Å². The molecule has 1 amide bonds. The maximum absolute atomic E-state index is 12.1. The Labute approximate surface area is 149 Å². The summed E-state index contributed by atoms with van der Waals surface area (Å²) in [4.78, 5) is 24.0. The molecule has 0 aliphatic carbocycles. The van der Waals surface area contributed by atoms with E-state index in [0.29, 0.717) is 18.4 Å². The van der Waals surface area contributed by atoms with E-state index >= 15 is 0 Å². The molecular formula is C20H26N2O3. The number of nitrogens with zero attached hydrogens (tertiary/aromatic N) is 1. The fraction of sp³-hybridized carbons (Fsp3) is 0.450. The number of ether oxygens (including phenoxy) is 1. The summed E-state index contributed by atoms with van der Waals surface area (Å²) in [5.74, 6) is -0.470. The normalized spacial score (nSPS) is 12.6. The van der Waals surface area contributed by atoms with E-state index in [1.54, 1.807) is 0 Å². The Morgan fingerprint density at radius 1 is 1.16 bits per heavy atom. The summed E-state index contributed by atoms with van der Waals surface area (Å²) in [7, 11) is 0. The third-order valence-electron chi connectivity index (χ3n) is 3.59. The lowest BCUT2D eigenvalue weighted by Gasteiger charge is -2.14. The molecule has 0 saturated heterocycles. The number of amides is 1. The van der Waals surface area contributed by atoms with E-state index in [1.165, 1.54) is 18.6 Å². The second kappa shape index (κ2) is 9.63. The number of nitrogens with one attached hydrogen (secondary N) is 1. The van der Waals surface area contributed by atoms with Gasteiger partial charge in [-0.05, 0) is 36.0 Å². The summed E-state index contributed by atoms with van der Waals surface area (Å²) in [5, 5.41) is 11.9. The van der Waals surface area contributed by atoms with Crippen LogP contribution in [0.5, 0.6) is 0 Å². The van der Waals surface area contributed by atoms with Gasteiger partial charge in [-0.3, -0.25) is 4.79 Å². The molecule has 0 radical (unpaired) electrons. The molecule has 0 unspecified atom stereocenters. The van der Waals surface area contributed by atoms with Crippen molar-refractivity contribution in [2.45, 2.75) is 46.6 Å². The van der Waals surface area contributed by atoms with Gasteiger partial charge < -0.3 is 10.1 Å². The molecule has 25 heavy (non-hydrogen) atoms. The largest absolute Gasteiger partial charge is 0.448 e. The number of nitriles is 1. The van der Waals surface area contributed by atoms with Gasteiger partial charge in [0.2, 0.25) is 0 Å². The third kappa shape index (κ3) is 6.80. The van der Waals surface area contributed by atoms with Crippen molar-refractivity contribution in [3.63, 3.8) is 0 Å². The number of carbonyl (C=O) groups excluding carboxylic acids is 2. The fourth-order valence-corrected chi connectivity index (χ4v) is 2.01. The van der Waals surface area contributed by atoms with Gasteiger partial charge in [0.15, 0.2) is 6.10 Å². The molecule has 0 heterocycles. The Bertz CT molecular complexity index is 667. The van der Waals surface area contributed by atoms with Crippen LogP contribution in [0, 0.1) is 17.2 Å². The minimum atomic E-state index is -0.952. The molecule has 1 aromatic rings. The van der Waals surface area contributed by atoms with Gasteiger partial charge in [-0.2, -0.15) is 5.26 Å². The summed E-state index contributed by atoms with van der Waals surface area (Å²) in [5.41, 5.74) is 1.77. The summed E-state index contributed by atoms with van der Waals surface area (Å²) in [6.07, 6.45) is 0.511. The van der Waals surface area contributed by atoms with E-state index in [4.69, 9.17) is 4.74 Å². The zero-order chi connectivity index (χ0) is 19.0. The van der Waals surface area contributed by atoms with Crippen molar-refractivity contribution in [1.29, 1.82) is 5.26 Å². The first-order valence-electron chi connectivity index (χ1n) is 8.45. The van der Waals surface area contributed by atoms with Gasteiger partial charge in [0.05, 0.1) is 0 Å². The number of esters is 1. The van der Waals surface area contributed by atoms with E-state index < -0.39 is 12.1 Å². The Morgan fingerprint density at radius 3 is 2.24 bits per heavy atom. The minimum absolute atomic E-state index is 0.138. The second-order valence-corrected chi connectivity index (χ2v) is 6.68. The molecule has 0 aliphatic rings. The van der Waals surface area contributed by atoms with E-state index in [-0.39, 0.29) is 11.5 Å². The Morgan fingerprint density at radius 2 is 1.76 bits per heavy atom. The van der Waals surface area contributed by atoms with Crippen LogP contribution in [0.4, 0.5) is 0 Å². The van der Waals surface area contributed by atoms with Crippen LogP contribution < -0.4 is 5.32 Å². The average Bonchev–Trinajstić information content (AvgIpc) is 2.57. The summed E-state index contributed by atoms with van der Waals surface area (Å²) < 4.78 is 5.09. The van der Waals surface area contributed by atoms with E-state index in [9.17, 15) is 14.9 Å². The quantitative estimate of drug-likeness (QED) is 0.468. The van der Waals surface area contributed by atoms with Crippen LogP contribution in [-0.4, -0.2) is 24.5 Å². The van der Waals surface area contributed by atoms with E-state index in [0.717, 1.165) is 5.56 Å². The Kier molecular flexibility index (Phi) is 7.87. The van der Waals surface area contributed by atoms with Crippen molar-refractivity contribution >= 4 is 18.0 Å². The topological polar surface area (TPSA) is 79.2 Å². The summed E-state index contributed by atoms with van der Waals surface area (Å²) >= 11 is 0. The SMILES string of the molecule is CC(C)CNC(=O)[C@@H](C)OC(=O)/C(C#N)=C/c1ccc(C(C)C)cc1. The van der Waals surface area contributed by atoms with Crippen LogP contribution in [0.2, 0.25) is 0 Å². The van der Waals surface area contributed by atoms with Crippen LogP contribution in [0.1, 0.15) is 51.7 Å². The number of hydrogen-bond acceptors (Lipinski definition) is 4. The second-order valence-electron chi connectivity index (χ2n) is 6.68. The fourth-order valence-electron chi connectivity index (χ4n) is 2.01. The standard InChI is InChI=1S/C20H26N2O3/c1-13(2)12-22-19(23)15(5)25-20(24)18(11-21)10-16-6-8-17(9-7-16)14(3)4/h6-10,13-15H,12H2,1-5H3,(H,22,23)/b18-10+/t15-/m1/s1. The molecule has 0 bridgehead atoms. The monoisotopic (exact) mass is 342 g/mol. The lowest BCUT2D eigenvalue weighted by atomic mass is 10.0. The van der Waals surface area contributed by atoms with Crippen molar-refractivity contribution < 1.29 is 14.3 Å². The first kappa shape index (κ1) is 20.4. The molecule has 0 fully saturated rings. The highest BCUT2D eigenvalue weighted by molar-refractivity contribution is 5.99. The Hall–Kier alpha value is -2.61. The van der Waals surface area contributed by atoms with Gasteiger partial charge in [0.25, 0.3) is 5.91 Å².